The van der Waals surface area contributed by atoms with Crippen molar-refractivity contribution in [2.75, 3.05) is 0 Å². The Labute approximate surface area is 102 Å². The minimum atomic E-state index is 0.243. The summed E-state index contributed by atoms with van der Waals surface area (Å²) < 4.78 is 5.98. The minimum Gasteiger partial charge on any atom is -0.490 e. The van der Waals surface area contributed by atoms with Gasteiger partial charge in [-0.15, -0.1) is 0 Å². The number of hydrogen-bond donors (Lipinski definition) is 0. The lowest BCUT2D eigenvalue weighted by Gasteiger charge is -2.22. The maximum absolute atomic E-state index is 11.2. The maximum atomic E-state index is 11.2. The van der Waals surface area contributed by atoms with Crippen molar-refractivity contribution in [2.24, 2.45) is 0 Å². The first kappa shape index (κ1) is 10.8. The van der Waals surface area contributed by atoms with Gasteiger partial charge in [0.2, 0.25) is 0 Å². The van der Waals surface area contributed by atoms with Crippen LogP contribution in [0, 0.1) is 0 Å². The van der Waals surface area contributed by atoms with E-state index in [2.05, 4.69) is 18.2 Å². The molecule has 0 N–H and O–H groups in total. The Morgan fingerprint density at radius 2 is 1.76 bits per heavy atom. The van der Waals surface area contributed by atoms with Crippen LogP contribution >= 0.6 is 0 Å². The van der Waals surface area contributed by atoms with E-state index >= 15 is 0 Å². The van der Waals surface area contributed by atoms with Crippen molar-refractivity contribution < 1.29 is 9.53 Å². The fraction of sp³-hybridized carbons (Fsp3) is 0.533. The Balaban J connectivity index is 1.67. The Morgan fingerprint density at radius 3 is 2.59 bits per heavy atom. The maximum Gasteiger partial charge on any atom is 0.133 e. The van der Waals surface area contributed by atoms with Crippen molar-refractivity contribution in [1.82, 2.24) is 0 Å². The summed E-state index contributed by atoms with van der Waals surface area (Å²) in [5.74, 6) is 1.38. The first-order chi connectivity index (χ1) is 8.31. The average Bonchev–Trinajstić information content (AvgIpc) is 2.79. The van der Waals surface area contributed by atoms with E-state index in [4.69, 9.17) is 4.74 Å². The molecular formula is C15H18O2. The predicted molar refractivity (Wildman–Crippen MR) is 66.4 cm³/mol. The normalized spacial score (nSPS) is 20.4. The summed E-state index contributed by atoms with van der Waals surface area (Å²) in [6.45, 7) is 0. The summed E-state index contributed by atoms with van der Waals surface area (Å²) >= 11 is 0. The lowest BCUT2D eigenvalue weighted by atomic mass is 9.96. The molecule has 3 rings (SSSR count). The second-order valence-electron chi connectivity index (χ2n) is 5.14. The fourth-order valence-electron chi connectivity index (χ4n) is 2.85. The number of aryl methyl sites for hydroxylation is 2. The molecule has 1 fully saturated rings. The monoisotopic (exact) mass is 230 g/mol. The van der Waals surface area contributed by atoms with Crippen molar-refractivity contribution >= 4 is 5.78 Å². The number of fused-ring (bicyclic) bond motifs is 1. The Hall–Kier alpha value is -1.31. The highest BCUT2D eigenvalue weighted by atomic mass is 16.5. The summed E-state index contributed by atoms with van der Waals surface area (Å²) in [5, 5.41) is 0. The van der Waals surface area contributed by atoms with Crippen LogP contribution in [0.5, 0.6) is 5.75 Å². The van der Waals surface area contributed by atoms with Gasteiger partial charge in [0.25, 0.3) is 0 Å². The molecule has 0 radical (unpaired) electrons. The highest BCUT2D eigenvalue weighted by Gasteiger charge is 2.20. The zero-order chi connectivity index (χ0) is 11.7. The first-order valence-electron chi connectivity index (χ1n) is 6.61. The molecule has 0 bridgehead atoms. The second kappa shape index (κ2) is 4.52. The van der Waals surface area contributed by atoms with Gasteiger partial charge in [0.05, 0.1) is 6.10 Å². The molecule has 0 atom stereocenters. The number of ketones is 1. The lowest BCUT2D eigenvalue weighted by molar-refractivity contribution is -0.121. The molecule has 1 saturated carbocycles. The molecule has 2 heteroatoms. The molecule has 2 aliphatic carbocycles. The van der Waals surface area contributed by atoms with Gasteiger partial charge >= 0.3 is 0 Å². The van der Waals surface area contributed by atoms with E-state index in [1.165, 1.54) is 30.4 Å². The highest BCUT2D eigenvalue weighted by Crippen LogP contribution is 2.28. The standard InChI is InChI=1S/C15H18O2/c16-13-5-8-14(9-6-13)17-15-7-4-11-2-1-3-12(11)10-15/h4,7,10,14H,1-3,5-6,8-9H2. The van der Waals surface area contributed by atoms with E-state index < -0.39 is 0 Å². The zero-order valence-electron chi connectivity index (χ0n) is 10.1. The van der Waals surface area contributed by atoms with E-state index in [1.807, 2.05) is 0 Å². The largest absolute Gasteiger partial charge is 0.490 e. The predicted octanol–water partition coefficient (Wildman–Crippen LogP) is 3.07. The van der Waals surface area contributed by atoms with Crippen LogP contribution < -0.4 is 4.74 Å². The number of Topliss-reactive ketones (excluding diaryl/α,β-unsaturated/α-hetero) is 1. The van der Waals surface area contributed by atoms with E-state index in [9.17, 15) is 4.79 Å². The topological polar surface area (TPSA) is 26.3 Å². The number of carbonyl (C=O) groups is 1. The first-order valence-corrected chi connectivity index (χ1v) is 6.61. The van der Waals surface area contributed by atoms with Crippen LogP contribution in [0.4, 0.5) is 0 Å². The second-order valence-corrected chi connectivity index (χ2v) is 5.14. The van der Waals surface area contributed by atoms with Gasteiger partial charge < -0.3 is 4.74 Å². The molecule has 17 heavy (non-hydrogen) atoms. The van der Waals surface area contributed by atoms with Crippen LogP contribution in [0.25, 0.3) is 0 Å². The molecule has 90 valence electrons. The highest BCUT2D eigenvalue weighted by molar-refractivity contribution is 5.79. The van der Waals surface area contributed by atoms with Crippen molar-refractivity contribution in [3.05, 3.63) is 29.3 Å². The average molecular weight is 230 g/mol. The minimum absolute atomic E-state index is 0.243. The smallest absolute Gasteiger partial charge is 0.133 e. The number of rotatable bonds is 2. The van der Waals surface area contributed by atoms with E-state index in [0.717, 1.165) is 18.6 Å². The molecule has 1 aromatic carbocycles. The summed E-state index contributed by atoms with van der Waals surface area (Å²) in [6, 6.07) is 6.48. The van der Waals surface area contributed by atoms with Crippen LogP contribution in [-0.2, 0) is 17.6 Å². The number of carbonyl (C=O) groups excluding carboxylic acids is 1. The number of hydrogen-bond acceptors (Lipinski definition) is 2. The SMILES string of the molecule is O=C1CCC(Oc2ccc3c(c2)CCC3)CC1. The summed E-state index contributed by atoms with van der Waals surface area (Å²) in [4.78, 5) is 11.2. The Bertz CT molecular complexity index is 427. The third kappa shape index (κ3) is 2.36. The van der Waals surface area contributed by atoms with Crippen LogP contribution in [0.15, 0.2) is 18.2 Å². The van der Waals surface area contributed by atoms with Crippen molar-refractivity contribution in [3.8, 4) is 5.75 Å². The quantitative estimate of drug-likeness (QED) is 0.780. The molecule has 0 heterocycles. The third-order valence-electron chi connectivity index (χ3n) is 3.86. The van der Waals surface area contributed by atoms with Gasteiger partial charge in [-0.25, -0.2) is 0 Å². The lowest BCUT2D eigenvalue weighted by Crippen LogP contribution is -2.24. The molecule has 2 nitrogen and oxygen atoms in total. The third-order valence-corrected chi connectivity index (χ3v) is 3.86. The zero-order valence-corrected chi connectivity index (χ0v) is 10.1. The molecule has 0 aliphatic heterocycles. The van der Waals surface area contributed by atoms with Crippen LogP contribution in [0.1, 0.15) is 43.2 Å². The van der Waals surface area contributed by atoms with E-state index in [1.54, 1.807) is 0 Å². The van der Waals surface area contributed by atoms with Gasteiger partial charge in [-0.05, 0) is 55.4 Å². The van der Waals surface area contributed by atoms with Gasteiger partial charge in [0, 0.05) is 12.8 Å². The molecule has 1 aromatic rings. The van der Waals surface area contributed by atoms with Crippen LogP contribution in [-0.4, -0.2) is 11.9 Å². The Kier molecular flexibility index (Phi) is 2.87. The molecule has 0 amide bonds. The fourth-order valence-corrected chi connectivity index (χ4v) is 2.85. The van der Waals surface area contributed by atoms with Gasteiger partial charge in [-0.1, -0.05) is 6.07 Å². The van der Waals surface area contributed by atoms with Gasteiger partial charge in [0.1, 0.15) is 11.5 Å². The van der Waals surface area contributed by atoms with Crippen molar-refractivity contribution in [3.63, 3.8) is 0 Å². The van der Waals surface area contributed by atoms with Gasteiger partial charge in [-0.2, -0.15) is 0 Å². The molecular weight excluding hydrogens is 212 g/mol. The molecule has 0 aromatic heterocycles. The van der Waals surface area contributed by atoms with Crippen molar-refractivity contribution in [2.45, 2.75) is 51.0 Å². The van der Waals surface area contributed by atoms with E-state index in [0.29, 0.717) is 18.6 Å². The molecule has 0 saturated heterocycles. The number of benzene rings is 1. The van der Waals surface area contributed by atoms with Gasteiger partial charge in [-0.3, -0.25) is 4.79 Å². The van der Waals surface area contributed by atoms with E-state index in [-0.39, 0.29) is 6.10 Å². The summed E-state index contributed by atoms with van der Waals surface area (Å²) in [5.41, 5.74) is 2.94. The van der Waals surface area contributed by atoms with Gasteiger partial charge in [0.15, 0.2) is 0 Å². The Morgan fingerprint density at radius 1 is 1.00 bits per heavy atom. The molecule has 0 spiro atoms. The van der Waals surface area contributed by atoms with Crippen LogP contribution in [0.3, 0.4) is 0 Å². The van der Waals surface area contributed by atoms with Crippen molar-refractivity contribution in [1.29, 1.82) is 0 Å². The molecule has 2 aliphatic rings. The number of ether oxygens (including phenoxy) is 1. The summed E-state index contributed by atoms with van der Waals surface area (Å²) in [7, 11) is 0. The molecule has 0 unspecified atom stereocenters. The summed E-state index contributed by atoms with van der Waals surface area (Å²) in [6.07, 6.45) is 7.07. The van der Waals surface area contributed by atoms with Crippen LogP contribution in [0.2, 0.25) is 0 Å².